The van der Waals surface area contributed by atoms with Crippen molar-refractivity contribution in [1.29, 1.82) is 0 Å². The molecule has 232 valence electrons. The Balaban J connectivity index is 1.19. The molecule has 7 rings (SSSR count). The zero-order valence-electron chi connectivity index (χ0n) is 25.4. The van der Waals surface area contributed by atoms with E-state index in [2.05, 4.69) is 40.5 Å². The van der Waals surface area contributed by atoms with Crippen molar-refractivity contribution in [1.82, 2.24) is 29.1 Å². The monoisotopic (exact) mass is 624 g/mol. The predicted molar refractivity (Wildman–Crippen MR) is 172 cm³/mol. The molecule has 0 bridgehead atoms. The maximum absolute atomic E-state index is 12.8. The molecule has 1 saturated carbocycles. The van der Waals surface area contributed by atoms with Crippen molar-refractivity contribution in [2.24, 2.45) is 13.0 Å². The molecule has 1 aliphatic heterocycles. The van der Waals surface area contributed by atoms with Crippen LogP contribution in [-0.2, 0) is 24.8 Å². The van der Waals surface area contributed by atoms with Crippen LogP contribution >= 0.6 is 10.8 Å². The maximum Gasteiger partial charge on any atom is 0.341 e. The SMILES string of the molecule is COC(=O)c1cnn(-c2cccc(-c3cccc(CN4CC(C)Cc5ccccc5S4(O)O)c3)c2)c1[C@@H]1C[C@H]1c1cn(C)nn1. The summed E-state index contributed by atoms with van der Waals surface area (Å²) in [6.45, 7) is 3.14. The van der Waals surface area contributed by atoms with Gasteiger partial charge < -0.3 is 4.74 Å². The van der Waals surface area contributed by atoms with Gasteiger partial charge in [-0.2, -0.15) is 9.40 Å². The zero-order chi connectivity index (χ0) is 31.3. The summed E-state index contributed by atoms with van der Waals surface area (Å²) in [5.41, 5.74) is 6.97. The fourth-order valence-corrected chi connectivity index (χ4v) is 8.38. The summed E-state index contributed by atoms with van der Waals surface area (Å²) in [5, 5.41) is 13.0. The van der Waals surface area contributed by atoms with Crippen molar-refractivity contribution >= 4 is 16.7 Å². The lowest BCUT2D eigenvalue weighted by Gasteiger charge is -2.43. The number of carbonyl (C=O) groups excluding carboxylic acids is 1. The van der Waals surface area contributed by atoms with Crippen molar-refractivity contribution in [2.75, 3.05) is 13.7 Å². The van der Waals surface area contributed by atoms with E-state index in [9.17, 15) is 13.9 Å². The minimum atomic E-state index is -3.13. The topological polar surface area (TPSA) is 119 Å². The van der Waals surface area contributed by atoms with Gasteiger partial charge in [0.1, 0.15) is 5.56 Å². The Morgan fingerprint density at radius 2 is 1.80 bits per heavy atom. The number of nitrogens with zero attached hydrogens (tertiary/aromatic N) is 6. The Kier molecular flexibility index (Phi) is 7.57. The molecule has 10 nitrogen and oxygen atoms in total. The number of methoxy groups -OCH3 is 1. The van der Waals surface area contributed by atoms with E-state index in [1.54, 1.807) is 10.9 Å². The van der Waals surface area contributed by atoms with Crippen molar-refractivity contribution in [3.8, 4) is 16.8 Å². The highest BCUT2D eigenvalue weighted by Crippen LogP contribution is 2.56. The van der Waals surface area contributed by atoms with Crippen molar-refractivity contribution < 1.29 is 18.6 Å². The minimum Gasteiger partial charge on any atom is -0.465 e. The molecule has 1 fully saturated rings. The fraction of sp³-hybridized carbons (Fsp3) is 0.294. The van der Waals surface area contributed by atoms with Gasteiger partial charge in [-0.05, 0) is 65.3 Å². The van der Waals surface area contributed by atoms with E-state index in [-0.39, 0.29) is 17.8 Å². The van der Waals surface area contributed by atoms with Crippen LogP contribution in [0.15, 0.2) is 90.1 Å². The van der Waals surface area contributed by atoms with Crippen LogP contribution in [0.2, 0.25) is 0 Å². The second-order valence-electron chi connectivity index (χ2n) is 12.1. The summed E-state index contributed by atoms with van der Waals surface area (Å²) in [5.74, 6) is 0.0729. The summed E-state index contributed by atoms with van der Waals surface area (Å²) in [6.07, 6.45) is 5.15. The maximum atomic E-state index is 12.8. The van der Waals surface area contributed by atoms with Gasteiger partial charge in [-0.1, -0.05) is 60.7 Å². The molecule has 45 heavy (non-hydrogen) atoms. The molecule has 2 aromatic heterocycles. The number of fused-ring (bicyclic) bond motifs is 1. The Morgan fingerprint density at radius 1 is 1.02 bits per heavy atom. The Bertz CT molecular complexity index is 1880. The number of hydrogen-bond donors (Lipinski definition) is 2. The van der Waals surface area contributed by atoms with Crippen LogP contribution < -0.4 is 0 Å². The molecule has 3 atom stereocenters. The third-order valence-electron chi connectivity index (χ3n) is 8.78. The van der Waals surface area contributed by atoms with Crippen LogP contribution in [0.1, 0.15) is 58.1 Å². The number of hydrogen-bond acceptors (Lipinski definition) is 8. The van der Waals surface area contributed by atoms with Gasteiger partial charge in [-0.25, -0.2) is 9.48 Å². The molecule has 0 spiro atoms. The van der Waals surface area contributed by atoms with Gasteiger partial charge in [-0.3, -0.25) is 13.8 Å². The average molecular weight is 625 g/mol. The van der Waals surface area contributed by atoms with E-state index >= 15 is 0 Å². The van der Waals surface area contributed by atoms with Crippen molar-refractivity contribution in [3.63, 3.8) is 0 Å². The lowest BCUT2D eigenvalue weighted by Crippen LogP contribution is -2.30. The lowest BCUT2D eigenvalue weighted by molar-refractivity contribution is 0.0599. The standard InChI is InChI=1S/C34H36N6O4S/c1-22-14-26-9-4-5-13-32(26)45(42,43)39(19-22)20-23-8-6-10-24(15-23)25-11-7-12-27(16-25)40-33(30(18-35-40)34(41)44-3)29-17-28(29)31-21-38(2)37-36-31/h4-13,15-16,18,21-22,28-29,42-43H,14,17,19-20H2,1-3H3/t22?,28-,29-/m1/s1. The van der Waals surface area contributed by atoms with Crippen LogP contribution in [0.25, 0.3) is 16.8 Å². The first-order valence-corrected chi connectivity index (χ1v) is 16.6. The Morgan fingerprint density at radius 3 is 2.58 bits per heavy atom. The van der Waals surface area contributed by atoms with Crippen LogP contribution in [0.5, 0.6) is 0 Å². The molecule has 1 unspecified atom stereocenters. The van der Waals surface area contributed by atoms with Gasteiger partial charge in [0, 0.05) is 38.2 Å². The van der Waals surface area contributed by atoms with Crippen molar-refractivity contribution in [2.45, 2.75) is 43.0 Å². The van der Waals surface area contributed by atoms with Gasteiger partial charge in [0.05, 0.1) is 35.3 Å². The second-order valence-corrected chi connectivity index (χ2v) is 14.1. The normalized spacial score (nSPS) is 21.5. The lowest BCUT2D eigenvalue weighted by atomic mass is 10.0. The number of ether oxygens (including phenoxy) is 1. The van der Waals surface area contributed by atoms with Gasteiger partial charge in [0.15, 0.2) is 0 Å². The van der Waals surface area contributed by atoms with Crippen LogP contribution in [0, 0.1) is 5.92 Å². The van der Waals surface area contributed by atoms with Crippen LogP contribution in [0.4, 0.5) is 0 Å². The minimum absolute atomic E-state index is 0.0613. The summed E-state index contributed by atoms with van der Waals surface area (Å²) in [7, 11) is 0.0939. The molecule has 0 saturated heterocycles. The molecule has 5 aromatic rings. The van der Waals surface area contributed by atoms with Crippen LogP contribution in [0.3, 0.4) is 0 Å². The van der Waals surface area contributed by atoms with Gasteiger partial charge in [0.2, 0.25) is 0 Å². The van der Waals surface area contributed by atoms with Gasteiger partial charge in [-0.15, -0.1) is 15.9 Å². The Hall–Kier alpha value is -4.29. The van der Waals surface area contributed by atoms with E-state index in [4.69, 9.17) is 4.74 Å². The second kappa shape index (κ2) is 11.6. The summed E-state index contributed by atoms with van der Waals surface area (Å²) in [4.78, 5) is 13.4. The first-order chi connectivity index (χ1) is 21.7. The van der Waals surface area contributed by atoms with Gasteiger partial charge >= 0.3 is 5.97 Å². The van der Waals surface area contributed by atoms with E-state index in [0.29, 0.717) is 23.5 Å². The number of rotatable bonds is 7. The van der Waals surface area contributed by atoms with Crippen LogP contribution in [-0.4, -0.2) is 57.8 Å². The zero-order valence-corrected chi connectivity index (χ0v) is 26.3. The fourth-order valence-electron chi connectivity index (χ4n) is 6.54. The number of aryl methyl sites for hydroxylation is 1. The highest BCUT2D eigenvalue weighted by molar-refractivity contribution is 8.22. The number of carbonyl (C=O) groups is 1. The number of esters is 1. The summed E-state index contributed by atoms with van der Waals surface area (Å²) >= 11 is 0. The molecule has 3 heterocycles. The molecule has 1 aliphatic carbocycles. The third kappa shape index (κ3) is 5.57. The first kappa shape index (κ1) is 29.4. The summed E-state index contributed by atoms with van der Waals surface area (Å²) in [6, 6.07) is 23.9. The number of aromatic nitrogens is 5. The third-order valence-corrected chi connectivity index (χ3v) is 10.8. The van der Waals surface area contributed by atoms with E-state index in [0.717, 1.165) is 52.2 Å². The molecule has 11 heteroatoms. The predicted octanol–water partition coefficient (Wildman–Crippen LogP) is 6.44. The highest BCUT2D eigenvalue weighted by Gasteiger charge is 2.46. The molecule has 0 amide bonds. The van der Waals surface area contributed by atoms with E-state index < -0.39 is 16.7 Å². The van der Waals surface area contributed by atoms with Crippen molar-refractivity contribution in [3.05, 3.63) is 113 Å². The van der Waals surface area contributed by atoms with Gasteiger partial charge in [0.25, 0.3) is 0 Å². The first-order valence-electron chi connectivity index (χ1n) is 15.1. The molecule has 3 aromatic carbocycles. The largest absolute Gasteiger partial charge is 0.465 e. The number of benzene rings is 3. The van der Waals surface area contributed by atoms with E-state index in [1.165, 1.54) is 7.11 Å². The quantitative estimate of drug-likeness (QED) is 0.199. The summed E-state index contributed by atoms with van der Waals surface area (Å²) < 4.78 is 33.3. The average Bonchev–Trinajstić information content (AvgIpc) is 3.52. The van der Waals surface area contributed by atoms with E-state index in [1.807, 2.05) is 76.8 Å². The molecule has 2 aliphatic rings. The molecule has 2 N–H and O–H groups in total. The molecule has 0 radical (unpaired) electrons. The smallest absolute Gasteiger partial charge is 0.341 e. The Labute approximate surface area is 263 Å². The molecular formula is C34H36N6O4S. The highest BCUT2D eigenvalue weighted by atomic mass is 32.3. The molecular weight excluding hydrogens is 588 g/mol.